The van der Waals surface area contributed by atoms with Crippen molar-refractivity contribution in [2.75, 3.05) is 11.4 Å². The van der Waals surface area contributed by atoms with Gasteiger partial charge in [-0.3, -0.25) is 0 Å². The minimum absolute atomic E-state index is 0.139. The average molecular weight is 353 g/mol. The molecule has 0 spiro atoms. The van der Waals surface area contributed by atoms with Crippen LogP contribution in [0, 0.1) is 5.92 Å². The SMILES string of the molecule is CC1CCCN(c2ccc(Br)cc2CNC(C)(C)C)C1C. The second-order valence-corrected chi connectivity index (χ2v) is 8.35. The second kappa shape index (κ2) is 6.70. The number of nitrogens with one attached hydrogen (secondary N) is 1. The van der Waals surface area contributed by atoms with Gasteiger partial charge in [0.25, 0.3) is 0 Å². The lowest BCUT2D eigenvalue weighted by molar-refractivity contribution is 0.362. The van der Waals surface area contributed by atoms with Crippen LogP contribution in [0.5, 0.6) is 0 Å². The van der Waals surface area contributed by atoms with E-state index in [1.165, 1.54) is 30.6 Å². The monoisotopic (exact) mass is 352 g/mol. The Bertz CT molecular complexity index is 479. The number of benzene rings is 1. The van der Waals surface area contributed by atoms with E-state index in [0.29, 0.717) is 6.04 Å². The van der Waals surface area contributed by atoms with Gasteiger partial charge in [-0.05, 0) is 70.2 Å². The molecule has 1 heterocycles. The first-order valence-corrected chi connectivity index (χ1v) is 8.87. The molecule has 3 heteroatoms. The fraction of sp³-hybridized carbons (Fsp3) is 0.667. The zero-order valence-corrected chi connectivity index (χ0v) is 15.6. The van der Waals surface area contributed by atoms with Gasteiger partial charge in [-0.15, -0.1) is 0 Å². The third-order valence-electron chi connectivity index (χ3n) is 4.53. The van der Waals surface area contributed by atoms with Crippen LogP contribution >= 0.6 is 15.9 Å². The maximum absolute atomic E-state index is 3.62. The summed E-state index contributed by atoms with van der Waals surface area (Å²) in [4.78, 5) is 2.60. The maximum atomic E-state index is 3.62. The fourth-order valence-electron chi connectivity index (χ4n) is 3.01. The highest BCUT2D eigenvalue weighted by molar-refractivity contribution is 9.10. The molecular weight excluding hydrogens is 324 g/mol. The van der Waals surface area contributed by atoms with Crippen molar-refractivity contribution in [1.82, 2.24) is 5.32 Å². The molecular formula is C18H29BrN2. The first kappa shape index (κ1) is 16.8. The Morgan fingerprint density at radius 1 is 1.29 bits per heavy atom. The Kier molecular flexibility index (Phi) is 5.37. The highest BCUT2D eigenvalue weighted by atomic mass is 79.9. The lowest BCUT2D eigenvalue weighted by Crippen LogP contribution is -2.43. The summed E-state index contributed by atoms with van der Waals surface area (Å²) in [5.74, 6) is 0.769. The molecule has 1 aromatic carbocycles. The van der Waals surface area contributed by atoms with Crippen molar-refractivity contribution in [2.45, 2.75) is 65.6 Å². The molecule has 1 aromatic rings. The van der Waals surface area contributed by atoms with E-state index in [1.54, 1.807) is 0 Å². The molecule has 0 aromatic heterocycles. The van der Waals surface area contributed by atoms with Crippen molar-refractivity contribution >= 4 is 21.6 Å². The normalized spacial score (nSPS) is 23.4. The van der Waals surface area contributed by atoms with Crippen LogP contribution in [-0.4, -0.2) is 18.1 Å². The lowest BCUT2D eigenvalue weighted by Gasteiger charge is -2.41. The van der Waals surface area contributed by atoms with Gasteiger partial charge in [0.05, 0.1) is 0 Å². The summed E-state index contributed by atoms with van der Waals surface area (Å²) in [6.45, 7) is 13.5. The van der Waals surface area contributed by atoms with Crippen molar-refractivity contribution in [2.24, 2.45) is 5.92 Å². The Hall–Kier alpha value is -0.540. The molecule has 0 radical (unpaired) electrons. The van der Waals surface area contributed by atoms with Gasteiger partial charge < -0.3 is 10.2 Å². The Labute approximate surface area is 138 Å². The first-order chi connectivity index (χ1) is 9.78. The molecule has 0 bridgehead atoms. The van der Waals surface area contributed by atoms with E-state index in [1.807, 2.05) is 0 Å². The molecule has 1 N–H and O–H groups in total. The van der Waals surface area contributed by atoms with Crippen molar-refractivity contribution in [3.8, 4) is 0 Å². The highest BCUT2D eigenvalue weighted by Crippen LogP contribution is 2.32. The molecule has 2 nitrogen and oxygen atoms in total. The summed E-state index contributed by atoms with van der Waals surface area (Å²) in [6, 6.07) is 7.33. The molecule has 1 saturated heterocycles. The molecule has 0 amide bonds. The molecule has 1 fully saturated rings. The van der Waals surface area contributed by atoms with E-state index >= 15 is 0 Å². The van der Waals surface area contributed by atoms with E-state index < -0.39 is 0 Å². The summed E-state index contributed by atoms with van der Waals surface area (Å²) in [6.07, 6.45) is 2.65. The molecule has 2 rings (SSSR count). The van der Waals surface area contributed by atoms with Crippen molar-refractivity contribution < 1.29 is 0 Å². The van der Waals surface area contributed by atoms with Gasteiger partial charge >= 0.3 is 0 Å². The first-order valence-electron chi connectivity index (χ1n) is 8.08. The summed E-state index contributed by atoms with van der Waals surface area (Å²) in [5, 5.41) is 3.62. The molecule has 21 heavy (non-hydrogen) atoms. The number of hydrogen-bond acceptors (Lipinski definition) is 2. The van der Waals surface area contributed by atoms with Crippen molar-refractivity contribution in [3.63, 3.8) is 0 Å². The Morgan fingerprint density at radius 2 is 2.00 bits per heavy atom. The lowest BCUT2D eigenvalue weighted by atomic mass is 9.91. The number of halogens is 1. The van der Waals surface area contributed by atoms with Crippen LogP contribution in [0.25, 0.3) is 0 Å². The van der Waals surface area contributed by atoms with Crippen molar-refractivity contribution in [3.05, 3.63) is 28.2 Å². The van der Waals surface area contributed by atoms with E-state index in [-0.39, 0.29) is 5.54 Å². The van der Waals surface area contributed by atoms with Gasteiger partial charge in [0, 0.05) is 34.8 Å². The number of piperidine rings is 1. The maximum Gasteiger partial charge on any atom is 0.0415 e. The second-order valence-electron chi connectivity index (χ2n) is 7.43. The minimum Gasteiger partial charge on any atom is -0.368 e. The molecule has 1 aliphatic heterocycles. The number of rotatable bonds is 3. The quantitative estimate of drug-likeness (QED) is 0.826. The molecule has 118 valence electrons. The van der Waals surface area contributed by atoms with E-state index in [0.717, 1.165) is 16.9 Å². The van der Waals surface area contributed by atoms with E-state index in [2.05, 4.69) is 79.0 Å². The largest absolute Gasteiger partial charge is 0.368 e. The average Bonchev–Trinajstić information content (AvgIpc) is 2.39. The summed E-state index contributed by atoms with van der Waals surface area (Å²) in [5.41, 5.74) is 2.93. The van der Waals surface area contributed by atoms with Crippen molar-refractivity contribution in [1.29, 1.82) is 0 Å². The molecule has 2 unspecified atom stereocenters. The van der Waals surface area contributed by atoms with Crippen LogP contribution in [0.4, 0.5) is 5.69 Å². The van der Waals surface area contributed by atoms with Crippen LogP contribution in [0.3, 0.4) is 0 Å². The van der Waals surface area contributed by atoms with Crippen LogP contribution in [0.1, 0.15) is 53.0 Å². The summed E-state index contributed by atoms with van der Waals surface area (Å²) >= 11 is 3.62. The van der Waals surface area contributed by atoms with Gasteiger partial charge in [0.15, 0.2) is 0 Å². The van der Waals surface area contributed by atoms with Gasteiger partial charge in [0.1, 0.15) is 0 Å². The van der Waals surface area contributed by atoms with Gasteiger partial charge in [-0.1, -0.05) is 22.9 Å². The third-order valence-corrected chi connectivity index (χ3v) is 5.03. The van der Waals surface area contributed by atoms with Crippen LogP contribution in [-0.2, 0) is 6.54 Å². The molecule has 0 aliphatic carbocycles. The minimum atomic E-state index is 0.139. The van der Waals surface area contributed by atoms with Gasteiger partial charge in [-0.25, -0.2) is 0 Å². The standard InChI is InChI=1S/C18H29BrN2/c1-13-7-6-10-21(14(13)2)17-9-8-16(19)11-15(17)12-20-18(3,4)5/h8-9,11,13-14,20H,6-7,10,12H2,1-5H3. The molecule has 1 aliphatic rings. The summed E-state index contributed by atoms with van der Waals surface area (Å²) in [7, 11) is 0. The van der Waals surface area contributed by atoms with Crippen LogP contribution in [0.15, 0.2) is 22.7 Å². The van der Waals surface area contributed by atoms with E-state index in [9.17, 15) is 0 Å². The zero-order chi connectivity index (χ0) is 15.6. The smallest absolute Gasteiger partial charge is 0.0415 e. The van der Waals surface area contributed by atoms with E-state index in [4.69, 9.17) is 0 Å². The molecule has 2 atom stereocenters. The summed E-state index contributed by atoms with van der Waals surface area (Å²) < 4.78 is 1.16. The number of nitrogens with zero attached hydrogens (tertiary/aromatic N) is 1. The third kappa shape index (κ3) is 4.46. The number of anilines is 1. The van der Waals surface area contributed by atoms with Gasteiger partial charge in [0.2, 0.25) is 0 Å². The Morgan fingerprint density at radius 3 is 2.67 bits per heavy atom. The zero-order valence-electron chi connectivity index (χ0n) is 14.0. The number of hydrogen-bond donors (Lipinski definition) is 1. The van der Waals surface area contributed by atoms with Crippen LogP contribution < -0.4 is 10.2 Å². The van der Waals surface area contributed by atoms with Crippen LogP contribution in [0.2, 0.25) is 0 Å². The predicted octanol–water partition coefficient (Wildman–Crippen LogP) is 4.96. The fourth-order valence-corrected chi connectivity index (χ4v) is 3.42. The highest BCUT2D eigenvalue weighted by Gasteiger charge is 2.26. The topological polar surface area (TPSA) is 15.3 Å². The molecule has 0 saturated carbocycles. The van der Waals surface area contributed by atoms with Gasteiger partial charge in [-0.2, -0.15) is 0 Å². The predicted molar refractivity (Wildman–Crippen MR) is 95.9 cm³/mol. The Balaban J connectivity index is 2.25.